The zero-order valence-corrected chi connectivity index (χ0v) is 19.3. The number of hydrogen-bond acceptors (Lipinski definition) is 6. The number of aryl methyl sites for hydroxylation is 3. The lowest BCUT2D eigenvalue weighted by molar-refractivity contribution is -0.138. The molecule has 172 valence electrons. The molecular weight excluding hydrogens is 473 g/mol. The molecule has 1 N–H and O–H groups in total. The van der Waals surface area contributed by atoms with Crippen molar-refractivity contribution in [3.05, 3.63) is 63.1 Å². The van der Waals surface area contributed by atoms with Crippen molar-refractivity contribution in [2.24, 2.45) is 0 Å². The van der Waals surface area contributed by atoms with E-state index < -0.39 is 17.7 Å². The largest absolute Gasteiger partial charge is 0.488 e. The number of fused-ring (bicyclic) bond motifs is 1. The Hall–Kier alpha value is -2.98. The molecular formula is C23H19F3N2O3S2. The standard InChI is InChI=1S/C23H19F3N2O3S2/c1-12-9-16-18(32-20(28-16)7-8-21(29)30)10-17(12)31-11-19-13(2)27-22(33-19)14-3-5-15(6-4-14)23(24,25)26/h3-6,9-10H,7-8,11H2,1-2H3,(H,29,30). The van der Waals surface area contributed by atoms with Gasteiger partial charge in [0, 0.05) is 12.0 Å². The molecule has 0 bridgehead atoms. The number of hydrogen-bond donors (Lipinski definition) is 1. The van der Waals surface area contributed by atoms with Crippen molar-refractivity contribution in [3.63, 3.8) is 0 Å². The Balaban J connectivity index is 1.49. The third-order valence-corrected chi connectivity index (χ3v) is 7.25. The van der Waals surface area contributed by atoms with E-state index in [4.69, 9.17) is 9.84 Å². The zero-order valence-electron chi connectivity index (χ0n) is 17.7. The lowest BCUT2D eigenvalue weighted by Crippen LogP contribution is -2.03. The summed E-state index contributed by atoms with van der Waals surface area (Å²) in [5.74, 6) is -0.162. The molecule has 10 heteroatoms. The van der Waals surface area contributed by atoms with E-state index in [-0.39, 0.29) is 13.0 Å². The Labute approximate surface area is 195 Å². The average Bonchev–Trinajstić information content (AvgIpc) is 3.32. The molecule has 0 radical (unpaired) electrons. The van der Waals surface area contributed by atoms with E-state index >= 15 is 0 Å². The van der Waals surface area contributed by atoms with E-state index in [1.54, 1.807) is 0 Å². The molecule has 2 aromatic carbocycles. The van der Waals surface area contributed by atoms with Crippen LogP contribution in [0.25, 0.3) is 20.8 Å². The number of carbonyl (C=O) groups is 1. The van der Waals surface area contributed by atoms with E-state index in [1.165, 1.54) is 34.8 Å². The first-order valence-electron chi connectivity index (χ1n) is 9.99. The van der Waals surface area contributed by atoms with Gasteiger partial charge in [0.1, 0.15) is 17.4 Å². The van der Waals surface area contributed by atoms with Crippen molar-refractivity contribution in [2.45, 2.75) is 39.5 Å². The van der Waals surface area contributed by atoms with Crippen LogP contribution in [0.15, 0.2) is 36.4 Å². The molecule has 0 amide bonds. The summed E-state index contributed by atoms with van der Waals surface area (Å²) in [5.41, 5.74) is 2.41. The first-order valence-corrected chi connectivity index (χ1v) is 11.6. The maximum absolute atomic E-state index is 12.8. The second-order valence-corrected chi connectivity index (χ2v) is 9.68. The number of thiazole rings is 2. The highest BCUT2D eigenvalue weighted by molar-refractivity contribution is 7.18. The minimum Gasteiger partial charge on any atom is -0.488 e. The molecule has 4 rings (SSSR count). The third-order valence-electron chi connectivity index (χ3n) is 4.99. The first-order chi connectivity index (χ1) is 15.6. The highest BCUT2D eigenvalue weighted by atomic mass is 32.1. The van der Waals surface area contributed by atoms with Crippen LogP contribution in [0, 0.1) is 13.8 Å². The van der Waals surface area contributed by atoms with Crippen molar-refractivity contribution in [2.75, 3.05) is 0 Å². The van der Waals surface area contributed by atoms with E-state index in [0.29, 0.717) is 22.7 Å². The van der Waals surface area contributed by atoms with Crippen LogP contribution in [0.1, 0.15) is 33.1 Å². The molecule has 2 heterocycles. The highest BCUT2D eigenvalue weighted by Gasteiger charge is 2.30. The Bertz CT molecular complexity index is 1310. The van der Waals surface area contributed by atoms with Crippen LogP contribution in [0.5, 0.6) is 5.75 Å². The lowest BCUT2D eigenvalue weighted by Gasteiger charge is -2.08. The third kappa shape index (κ3) is 5.33. The molecule has 33 heavy (non-hydrogen) atoms. The van der Waals surface area contributed by atoms with E-state index in [9.17, 15) is 18.0 Å². The maximum Gasteiger partial charge on any atom is 0.416 e. The summed E-state index contributed by atoms with van der Waals surface area (Å²) in [6.07, 6.45) is -3.95. The first kappa shape index (κ1) is 23.2. The van der Waals surface area contributed by atoms with Crippen LogP contribution >= 0.6 is 22.7 Å². The molecule has 2 aromatic heterocycles. The van der Waals surface area contributed by atoms with Crippen molar-refractivity contribution in [1.29, 1.82) is 0 Å². The number of benzene rings is 2. The normalized spacial score (nSPS) is 11.8. The zero-order chi connectivity index (χ0) is 23.8. The summed E-state index contributed by atoms with van der Waals surface area (Å²) in [7, 11) is 0. The van der Waals surface area contributed by atoms with E-state index in [2.05, 4.69) is 9.97 Å². The molecule has 0 spiro atoms. The van der Waals surface area contributed by atoms with Gasteiger partial charge in [0.25, 0.3) is 0 Å². The highest BCUT2D eigenvalue weighted by Crippen LogP contribution is 2.34. The monoisotopic (exact) mass is 492 g/mol. The summed E-state index contributed by atoms with van der Waals surface area (Å²) in [5, 5.41) is 10.3. The SMILES string of the molecule is Cc1cc2nc(CCC(=O)O)sc2cc1OCc1sc(-c2ccc(C(F)(F)F)cc2)nc1C. The van der Waals surface area contributed by atoms with Crippen molar-refractivity contribution in [3.8, 4) is 16.3 Å². The lowest BCUT2D eigenvalue weighted by atomic mass is 10.1. The predicted molar refractivity (Wildman–Crippen MR) is 122 cm³/mol. The van der Waals surface area contributed by atoms with E-state index in [1.807, 2.05) is 26.0 Å². The fraction of sp³-hybridized carbons (Fsp3) is 0.261. The second-order valence-electron chi connectivity index (χ2n) is 7.48. The molecule has 0 atom stereocenters. The topological polar surface area (TPSA) is 72.3 Å². The molecule has 0 fully saturated rings. The minimum absolute atomic E-state index is 0.0358. The second kappa shape index (κ2) is 9.11. The van der Waals surface area contributed by atoms with Gasteiger partial charge in [-0.3, -0.25) is 4.79 Å². The summed E-state index contributed by atoms with van der Waals surface area (Å²) < 4.78 is 45.3. The van der Waals surface area contributed by atoms with Crippen molar-refractivity contribution in [1.82, 2.24) is 9.97 Å². The number of rotatable bonds is 7. The van der Waals surface area contributed by atoms with Gasteiger partial charge >= 0.3 is 12.1 Å². The Morgan fingerprint density at radius 1 is 1.09 bits per heavy atom. The number of carboxylic acid groups (broad SMARTS) is 1. The van der Waals surface area contributed by atoms with E-state index in [0.717, 1.165) is 43.5 Å². The van der Waals surface area contributed by atoms with Crippen LogP contribution in [0.3, 0.4) is 0 Å². The molecule has 0 aliphatic rings. The molecule has 0 unspecified atom stereocenters. The molecule has 4 aromatic rings. The minimum atomic E-state index is -4.37. The average molecular weight is 493 g/mol. The van der Waals surface area contributed by atoms with Gasteiger partial charge in [-0.2, -0.15) is 13.2 Å². The van der Waals surface area contributed by atoms with Crippen LogP contribution < -0.4 is 4.74 Å². The fourth-order valence-corrected chi connectivity index (χ4v) is 5.17. The number of ether oxygens (including phenoxy) is 1. The Morgan fingerprint density at radius 3 is 2.48 bits per heavy atom. The van der Waals surface area contributed by atoms with Gasteiger partial charge in [-0.1, -0.05) is 12.1 Å². The number of carboxylic acids is 1. The van der Waals surface area contributed by atoms with Crippen molar-refractivity contribution < 1.29 is 27.8 Å². The van der Waals surface area contributed by atoms with Crippen LogP contribution in [-0.4, -0.2) is 21.0 Å². The number of aromatic nitrogens is 2. The number of alkyl halides is 3. The predicted octanol–water partition coefficient (Wildman–Crippen LogP) is 6.65. The van der Waals surface area contributed by atoms with Crippen LogP contribution in [0.2, 0.25) is 0 Å². The maximum atomic E-state index is 12.8. The smallest absolute Gasteiger partial charge is 0.416 e. The van der Waals surface area contributed by atoms with Gasteiger partial charge in [0.15, 0.2) is 0 Å². The summed E-state index contributed by atoms with van der Waals surface area (Å²) >= 11 is 2.83. The van der Waals surface area contributed by atoms with Crippen LogP contribution in [-0.2, 0) is 24.0 Å². The Morgan fingerprint density at radius 2 is 1.82 bits per heavy atom. The summed E-state index contributed by atoms with van der Waals surface area (Å²) in [6.45, 7) is 4.04. The number of nitrogens with zero attached hydrogens (tertiary/aromatic N) is 2. The summed E-state index contributed by atoms with van der Waals surface area (Å²) in [6, 6.07) is 8.78. The molecule has 0 aliphatic carbocycles. The molecule has 0 aliphatic heterocycles. The molecule has 0 saturated carbocycles. The van der Waals surface area contributed by atoms with Gasteiger partial charge in [0.05, 0.1) is 37.8 Å². The number of halogens is 3. The summed E-state index contributed by atoms with van der Waals surface area (Å²) in [4.78, 5) is 20.7. The number of aliphatic carboxylic acids is 1. The fourth-order valence-electron chi connectivity index (χ4n) is 3.21. The van der Waals surface area contributed by atoms with Gasteiger partial charge < -0.3 is 9.84 Å². The van der Waals surface area contributed by atoms with Gasteiger partial charge in [-0.05, 0) is 43.7 Å². The molecule has 5 nitrogen and oxygen atoms in total. The van der Waals surface area contributed by atoms with Crippen molar-refractivity contribution >= 4 is 38.9 Å². The van der Waals surface area contributed by atoms with Gasteiger partial charge in [-0.15, -0.1) is 22.7 Å². The quantitative estimate of drug-likeness (QED) is 0.313. The van der Waals surface area contributed by atoms with Gasteiger partial charge in [0.2, 0.25) is 0 Å². The Kier molecular flexibility index (Phi) is 6.40. The van der Waals surface area contributed by atoms with Crippen LogP contribution in [0.4, 0.5) is 13.2 Å². The van der Waals surface area contributed by atoms with Gasteiger partial charge in [-0.25, -0.2) is 9.97 Å². The molecule has 0 saturated heterocycles.